The van der Waals surface area contributed by atoms with Crippen molar-refractivity contribution in [3.8, 4) is 11.3 Å². The van der Waals surface area contributed by atoms with E-state index in [1.807, 2.05) is 30.3 Å². The van der Waals surface area contributed by atoms with Crippen LogP contribution in [0.5, 0.6) is 0 Å². The molecule has 0 spiro atoms. The molecule has 0 bridgehead atoms. The maximum atomic E-state index is 13.3. The van der Waals surface area contributed by atoms with Crippen LogP contribution in [0.1, 0.15) is 0 Å². The normalized spacial score (nSPS) is 14.0. The molecular formula is C23H18FN7O2S2. The summed E-state index contributed by atoms with van der Waals surface area (Å²) in [6.45, 7) is 2.23. The minimum absolute atomic E-state index is 0.167. The van der Waals surface area contributed by atoms with Crippen LogP contribution < -0.4 is 5.32 Å². The number of hydrogen-bond acceptors (Lipinski definition) is 8. The number of amides is 2. The second-order valence-corrected chi connectivity index (χ2v) is 9.83. The lowest BCUT2D eigenvalue weighted by Gasteiger charge is -2.26. The summed E-state index contributed by atoms with van der Waals surface area (Å²) in [5.41, 5.74) is 2.91. The highest BCUT2D eigenvalue weighted by atomic mass is 32.2. The molecule has 3 aromatic heterocycles. The van der Waals surface area contributed by atoms with Crippen molar-refractivity contribution >= 4 is 50.1 Å². The van der Waals surface area contributed by atoms with E-state index in [-0.39, 0.29) is 11.8 Å². The maximum Gasteiger partial charge on any atom is 0.323 e. The van der Waals surface area contributed by atoms with E-state index < -0.39 is 0 Å². The van der Waals surface area contributed by atoms with Crippen molar-refractivity contribution in [3.05, 3.63) is 60.4 Å². The number of rotatable bonds is 4. The first-order valence-corrected chi connectivity index (χ1v) is 12.5. The van der Waals surface area contributed by atoms with Crippen LogP contribution in [0.15, 0.2) is 64.6 Å². The van der Waals surface area contributed by atoms with Crippen LogP contribution >= 0.6 is 23.1 Å². The van der Waals surface area contributed by atoms with Crippen molar-refractivity contribution in [3.63, 3.8) is 0 Å². The molecule has 4 heterocycles. The largest absolute Gasteiger partial charge is 0.378 e. The van der Waals surface area contributed by atoms with Gasteiger partial charge in [-0.1, -0.05) is 11.3 Å². The average molecular weight is 508 g/mol. The van der Waals surface area contributed by atoms with Crippen molar-refractivity contribution < 1.29 is 13.9 Å². The second kappa shape index (κ2) is 9.21. The van der Waals surface area contributed by atoms with Crippen LogP contribution in [0.25, 0.3) is 27.1 Å². The number of fused-ring (bicyclic) bond motifs is 2. The van der Waals surface area contributed by atoms with Crippen molar-refractivity contribution in [2.75, 3.05) is 31.6 Å². The quantitative estimate of drug-likeness (QED) is 0.381. The Morgan fingerprint density at radius 1 is 1.06 bits per heavy atom. The third-order valence-corrected chi connectivity index (χ3v) is 7.32. The molecule has 0 saturated carbocycles. The number of aromatic nitrogens is 5. The van der Waals surface area contributed by atoms with Gasteiger partial charge in [0, 0.05) is 23.5 Å². The number of benzene rings is 2. The van der Waals surface area contributed by atoms with Crippen LogP contribution in [0, 0.1) is 5.82 Å². The Balaban J connectivity index is 1.23. The van der Waals surface area contributed by atoms with Crippen molar-refractivity contribution in [1.82, 2.24) is 29.7 Å². The van der Waals surface area contributed by atoms with E-state index in [2.05, 4.69) is 25.6 Å². The first-order valence-electron chi connectivity index (χ1n) is 10.8. The topological polar surface area (TPSA) is 97.5 Å². The van der Waals surface area contributed by atoms with Gasteiger partial charge in [0.15, 0.2) is 10.8 Å². The molecule has 1 saturated heterocycles. The predicted molar refractivity (Wildman–Crippen MR) is 131 cm³/mol. The summed E-state index contributed by atoms with van der Waals surface area (Å²) in [6.07, 6.45) is 0. The lowest BCUT2D eigenvalue weighted by Crippen LogP contribution is -2.43. The summed E-state index contributed by atoms with van der Waals surface area (Å²) in [6, 6.07) is 15.6. The lowest BCUT2D eigenvalue weighted by atomic mass is 10.1. The van der Waals surface area contributed by atoms with Crippen molar-refractivity contribution in [2.45, 2.75) is 10.1 Å². The molecule has 1 aliphatic heterocycles. The van der Waals surface area contributed by atoms with Crippen molar-refractivity contribution in [1.29, 1.82) is 0 Å². The molecule has 0 atom stereocenters. The lowest BCUT2D eigenvalue weighted by molar-refractivity contribution is 0.0564. The van der Waals surface area contributed by atoms with Gasteiger partial charge in [-0.3, -0.25) is 5.32 Å². The van der Waals surface area contributed by atoms with Crippen LogP contribution in [0.4, 0.5) is 14.3 Å². The number of hydrogen-bond donors (Lipinski definition) is 1. The molecule has 1 fully saturated rings. The number of ether oxygens (including phenoxy) is 1. The van der Waals surface area contributed by atoms with Gasteiger partial charge in [0.1, 0.15) is 5.82 Å². The van der Waals surface area contributed by atoms with Gasteiger partial charge in [-0.15, -0.1) is 10.2 Å². The molecule has 2 aromatic carbocycles. The van der Waals surface area contributed by atoms with Crippen LogP contribution in [-0.2, 0) is 4.74 Å². The Hall–Kier alpha value is -3.61. The van der Waals surface area contributed by atoms with E-state index in [0.29, 0.717) is 47.9 Å². The summed E-state index contributed by atoms with van der Waals surface area (Å²) in [5, 5.41) is 17.2. The highest BCUT2D eigenvalue weighted by molar-refractivity contribution is 7.99. The smallest absolute Gasteiger partial charge is 0.323 e. The molecule has 6 rings (SSSR count). The van der Waals surface area contributed by atoms with Gasteiger partial charge in [-0.05, 0) is 66.4 Å². The molecule has 12 heteroatoms. The summed E-state index contributed by atoms with van der Waals surface area (Å²) in [4.78, 5) is 19.7. The zero-order valence-corrected chi connectivity index (χ0v) is 19.9. The second-order valence-electron chi connectivity index (χ2n) is 7.76. The first-order chi connectivity index (χ1) is 17.1. The Kier molecular flexibility index (Phi) is 5.76. The average Bonchev–Trinajstić information content (AvgIpc) is 3.47. The number of anilines is 1. The number of nitrogens with zero attached hydrogens (tertiary/aromatic N) is 6. The first kappa shape index (κ1) is 21.9. The third kappa shape index (κ3) is 4.55. The summed E-state index contributed by atoms with van der Waals surface area (Å²) < 4.78 is 21.2. The predicted octanol–water partition coefficient (Wildman–Crippen LogP) is 4.56. The van der Waals surface area contributed by atoms with Gasteiger partial charge in [0.05, 0.1) is 29.1 Å². The zero-order chi connectivity index (χ0) is 23.8. The van der Waals surface area contributed by atoms with Gasteiger partial charge < -0.3 is 9.64 Å². The maximum absolute atomic E-state index is 13.3. The molecule has 1 N–H and O–H groups in total. The molecule has 2 amide bonds. The number of carbonyl (C=O) groups excluding carboxylic acids is 1. The Morgan fingerprint density at radius 2 is 1.89 bits per heavy atom. The Labute approximate surface area is 206 Å². The van der Waals surface area contributed by atoms with Gasteiger partial charge in [0.2, 0.25) is 5.16 Å². The minimum atomic E-state index is -0.294. The van der Waals surface area contributed by atoms with Crippen LogP contribution in [0.2, 0.25) is 0 Å². The fraction of sp³-hybridized carbons (Fsp3) is 0.174. The molecule has 35 heavy (non-hydrogen) atoms. The summed E-state index contributed by atoms with van der Waals surface area (Å²) in [5.74, 6) is -0.294. The van der Waals surface area contributed by atoms with E-state index in [1.54, 1.807) is 21.5 Å². The zero-order valence-electron chi connectivity index (χ0n) is 18.2. The fourth-order valence-electron chi connectivity index (χ4n) is 3.67. The summed E-state index contributed by atoms with van der Waals surface area (Å²) >= 11 is 2.84. The molecule has 5 aromatic rings. The molecule has 9 nitrogen and oxygen atoms in total. The number of nitrogens with one attached hydrogen (secondary N) is 1. The SMILES string of the molecule is O=C(Nc1nc2ccc(Sc3nnc4ccc(-c5ccc(F)cc5)nn34)cc2s1)N1CCOCC1. The molecule has 0 radical (unpaired) electrons. The fourth-order valence-corrected chi connectivity index (χ4v) is 5.47. The summed E-state index contributed by atoms with van der Waals surface area (Å²) in [7, 11) is 0. The molecular weight excluding hydrogens is 489 g/mol. The van der Waals surface area contributed by atoms with Crippen LogP contribution in [0.3, 0.4) is 0 Å². The van der Waals surface area contributed by atoms with Crippen LogP contribution in [-0.4, -0.2) is 62.0 Å². The number of halogens is 1. The van der Waals surface area contributed by atoms with E-state index in [9.17, 15) is 9.18 Å². The van der Waals surface area contributed by atoms with Gasteiger partial charge in [0.25, 0.3) is 0 Å². The molecule has 1 aliphatic rings. The Bertz CT molecular complexity index is 1530. The number of carbonyl (C=O) groups is 1. The number of thiazole rings is 1. The van der Waals surface area contributed by atoms with E-state index in [0.717, 1.165) is 20.7 Å². The van der Waals surface area contributed by atoms with Gasteiger partial charge in [-0.25, -0.2) is 14.2 Å². The standard InChI is InChI=1S/C23H18FN7O2S2/c24-15-3-1-14(2-4-15)17-7-8-20-27-28-23(31(20)29-17)34-16-5-6-18-19(13-16)35-21(25-18)26-22(32)30-9-11-33-12-10-30/h1-8,13H,9-12H2,(H,25,26,32). The van der Waals surface area contributed by atoms with Gasteiger partial charge >= 0.3 is 6.03 Å². The molecule has 0 unspecified atom stereocenters. The highest BCUT2D eigenvalue weighted by Crippen LogP contribution is 2.33. The van der Waals surface area contributed by atoms with E-state index in [4.69, 9.17) is 4.74 Å². The van der Waals surface area contributed by atoms with E-state index >= 15 is 0 Å². The number of urea groups is 1. The third-order valence-electron chi connectivity index (χ3n) is 5.46. The van der Waals surface area contributed by atoms with Gasteiger partial charge in [-0.2, -0.15) is 9.61 Å². The highest BCUT2D eigenvalue weighted by Gasteiger charge is 2.18. The Morgan fingerprint density at radius 3 is 2.71 bits per heavy atom. The van der Waals surface area contributed by atoms with E-state index in [1.165, 1.54) is 35.2 Å². The molecule has 176 valence electrons. The molecule has 0 aliphatic carbocycles. The minimum Gasteiger partial charge on any atom is -0.378 e. The number of morpholine rings is 1. The van der Waals surface area contributed by atoms with Crippen molar-refractivity contribution in [2.24, 2.45) is 0 Å². The monoisotopic (exact) mass is 507 g/mol.